The number of halogens is 2. The molecule has 206 valence electrons. The van der Waals surface area contributed by atoms with Gasteiger partial charge < -0.3 is 16.5 Å². The molecule has 3 rings (SSSR count). The van der Waals surface area contributed by atoms with Crippen molar-refractivity contribution in [2.24, 2.45) is 0 Å². The third-order valence-corrected chi connectivity index (χ3v) is 6.83. The predicted molar refractivity (Wildman–Crippen MR) is 142 cm³/mol. The van der Waals surface area contributed by atoms with E-state index in [0.717, 1.165) is 0 Å². The van der Waals surface area contributed by atoms with Crippen molar-refractivity contribution in [1.82, 2.24) is 14.7 Å². The SMILES string of the molecule is CCC(O)CCC(C(=O)O)c1c(C(C)C)c(C(=O)N(C)Cc2cccc(F)c2C)nn1-c1ccc(F)cc1.[H-].[Na+]. The molecule has 0 aliphatic heterocycles. The first-order valence-electron chi connectivity index (χ1n) is 12.7. The molecule has 2 unspecified atom stereocenters. The van der Waals surface area contributed by atoms with Crippen molar-refractivity contribution in [2.75, 3.05) is 7.05 Å². The van der Waals surface area contributed by atoms with Gasteiger partial charge in [0.15, 0.2) is 5.69 Å². The molecule has 0 spiro atoms. The number of hydrogen-bond acceptors (Lipinski definition) is 4. The quantitative estimate of drug-likeness (QED) is 0.358. The first kappa shape index (κ1) is 32.6. The number of aromatic nitrogens is 2. The fourth-order valence-corrected chi connectivity index (χ4v) is 4.56. The molecule has 10 heteroatoms. The Balaban J connectivity index is 0.00000400. The van der Waals surface area contributed by atoms with Gasteiger partial charge >= 0.3 is 35.5 Å². The number of amides is 1. The second-order valence-corrected chi connectivity index (χ2v) is 9.91. The van der Waals surface area contributed by atoms with Gasteiger partial charge in [-0.25, -0.2) is 13.5 Å². The Bertz CT molecular complexity index is 1300. The normalized spacial score (nSPS) is 12.6. The van der Waals surface area contributed by atoms with Crippen LogP contribution in [-0.2, 0) is 11.3 Å². The number of aliphatic carboxylic acids is 1. The summed E-state index contributed by atoms with van der Waals surface area (Å²) in [6, 6.07) is 10.1. The van der Waals surface area contributed by atoms with Crippen LogP contribution in [0.5, 0.6) is 0 Å². The second kappa shape index (κ2) is 14.2. The smallest absolute Gasteiger partial charge is 1.00 e. The van der Waals surface area contributed by atoms with E-state index in [4.69, 9.17) is 0 Å². The van der Waals surface area contributed by atoms with E-state index in [9.17, 15) is 28.6 Å². The molecule has 0 aliphatic carbocycles. The van der Waals surface area contributed by atoms with Crippen molar-refractivity contribution >= 4 is 11.9 Å². The van der Waals surface area contributed by atoms with Crippen molar-refractivity contribution < 1.29 is 59.6 Å². The fourth-order valence-electron chi connectivity index (χ4n) is 4.56. The molecule has 0 saturated heterocycles. The maximum absolute atomic E-state index is 14.1. The van der Waals surface area contributed by atoms with Gasteiger partial charge in [-0.2, -0.15) is 5.10 Å². The molecule has 39 heavy (non-hydrogen) atoms. The van der Waals surface area contributed by atoms with E-state index in [1.165, 1.54) is 39.9 Å². The van der Waals surface area contributed by atoms with Crippen LogP contribution in [0.1, 0.15) is 86.2 Å². The van der Waals surface area contributed by atoms with Gasteiger partial charge in [0.05, 0.1) is 23.4 Å². The summed E-state index contributed by atoms with van der Waals surface area (Å²) in [5.74, 6) is -3.73. The van der Waals surface area contributed by atoms with Crippen molar-refractivity contribution in [3.05, 3.63) is 82.2 Å². The van der Waals surface area contributed by atoms with Crippen molar-refractivity contribution in [3.8, 4) is 5.69 Å². The minimum Gasteiger partial charge on any atom is -1.00 e. The Hall–Kier alpha value is -2.59. The number of rotatable bonds is 11. The Morgan fingerprint density at radius 1 is 1.10 bits per heavy atom. The van der Waals surface area contributed by atoms with E-state index in [2.05, 4.69) is 5.10 Å². The topological polar surface area (TPSA) is 95.7 Å². The van der Waals surface area contributed by atoms with E-state index in [1.54, 1.807) is 26.1 Å². The van der Waals surface area contributed by atoms with Crippen LogP contribution >= 0.6 is 0 Å². The first-order valence-corrected chi connectivity index (χ1v) is 12.7. The molecule has 0 radical (unpaired) electrons. The Morgan fingerprint density at radius 3 is 2.31 bits per heavy atom. The molecule has 0 aliphatic rings. The summed E-state index contributed by atoms with van der Waals surface area (Å²) in [6.45, 7) is 7.29. The van der Waals surface area contributed by atoms with Crippen LogP contribution in [0.4, 0.5) is 8.78 Å². The molecule has 2 atom stereocenters. The van der Waals surface area contributed by atoms with Gasteiger partial charge in [0.1, 0.15) is 11.6 Å². The molecule has 0 saturated carbocycles. The summed E-state index contributed by atoms with van der Waals surface area (Å²) in [5, 5.41) is 25.0. The molecule has 2 N–H and O–H groups in total. The number of aliphatic hydroxyl groups is 1. The summed E-state index contributed by atoms with van der Waals surface area (Å²) >= 11 is 0. The van der Waals surface area contributed by atoms with Crippen LogP contribution in [-0.4, -0.2) is 49.9 Å². The minimum absolute atomic E-state index is 0. The van der Waals surface area contributed by atoms with Crippen molar-refractivity contribution in [1.29, 1.82) is 0 Å². The molecule has 0 bridgehead atoms. The van der Waals surface area contributed by atoms with E-state index < -0.39 is 29.7 Å². The molecule has 7 nitrogen and oxygen atoms in total. The average Bonchev–Trinajstić information content (AvgIpc) is 3.27. The van der Waals surface area contributed by atoms with Gasteiger partial charge in [-0.15, -0.1) is 0 Å². The summed E-state index contributed by atoms with van der Waals surface area (Å²) in [7, 11) is 1.58. The molecular formula is C29H36F2N3NaO4. The average molecular weight is 552 g/mol. The summed E-state index contributed by atoms with van der Waals surface area (Å²) < 4.78 is 29.2. The monoisotopic (exact) mass is 551 g/mol. The van der Waals surface area contributed by atoms with Gasteiger partial charge in [0, 0.05) is 19.2 Å². The van der Waals surface area contributed by atoms with E-state index in [1.807, 2.05) is 20.8 Å². The molecule has 0 fully saturated rings. The van der Waals surface area contributed by atoms with Crippen LogP contribution in [0, 0.1) is 18.6 Å². The molecule has 2 aromatic carbocycles. The Kier molecular flexibility index (Phi) is 11.8. The van der Waals surface area contributed by atoms with Crippen LogP contribution in [0.25, 0.3) is 5.69 Å². The second-order valence-electron chi connectivity index (χ2n) is 9.91. The Morgan fingerprint density at radius 2 is 1.74 bits per heavy atom. The first-order chi connectivity index (χ1) is 18.0. The summed E-state index contributed by atoms with van der Waals surface area (Å²) in [6.07, 6.45) is 0.197. The van der Waals surface area contributed by atoms with Crippen molar-refractivity contribution in [3.63, 3.8) is 0 Å². The minimum atomic E-state index is -1.11. The zero-order valence-corrected chi connectivity index (χ0v) is 25.4. The number of carbonyl (C=O) groups is 2. The standard InChI is InChI=1S/C29H35F2N3O4.Na.H/c1-6-22(35)14-15-23(29(37)38)27-25(17(2)3)26(32-34(27)21-12-10-20(30)11-13-21)28(36)33(5)16-19-8-7-9-24(31)18(19)4;;/h7-13,17,22-23,35H,6,14-16H2,1-5H3,(H,37,38);;/q;+1;-1. The number of carbonyl (C=O) groups excluding carboxylic acids is 1. The van der Waals surface area contributed by atoms with Gasteiger partial charge in [0.25, 0.3) is 5.91 Å². The third-order valence-electron chi connectivity index (χ3n) is 6.83. The number of hydrogen-bond donors (Lipinski definition) is 2. The van der Waals surface area contributed by atoms with E-state index in [0.29, 0.717) is 34.5 Å². The van der Waals surface area contributed by atoms with E-state index in [-0.39, 0.29) is 67.8 Å². The molecule has 3 aromatic rings. The molecule has 1 aromatic heterocycles. The summed E-state index contributed by atoms with van der Waals surface area (Å²) in [5.41, 5.74) is 2.37. The van der Waals surface area contributed by atoms with Gasteiger partial charge in [0.2, 0.25) is 0 Å². The number of benzene rings is 2. The third kappa shape index (κ3) is 7.54. The maximum Gasteiger partial charge on any atom is 1.00 e. The van der Waals surface area contributed by atoms with Gasteiger partial charge in [-0.1, -0.05) is 32.9 Å². The zero-order valence-electron chi connectivity index (χ0n) is 24.4. The van der Waals surface area contributed by atoms with Gasteiger partial charge in [-0.05, 0) is 73.6 Å². The fraction of sp³-hybridized carbons (Fsp3) is 0.414. The number of carboxylic acid groups (broad SMARTS) is 1. The van der Waals surface area contributed by atoms with E-state index >= 15 is 0 Å². The number of aliphatic hydroxyl groups excluding tert-OH is 1. The van der Waals surface area contributed by atoms with Crippen LogP contribution in [0.15, 0.2) is 42.5 Å². The number of nitrogens with zero attached hydrogens (tertiary/aromatic N) is 3. The Labute approximate surface area is 251 Å². The number of carboxylic acids is 1. The molecular weight excluding hydrogens is 515 g/mol. The summed E-state index contributed by atoms with van der Waals surface area (Å²) in [4.78, 5) is 27.7. The maximum atomic E-state index is 14.1. The van der Waals surface area contributed by atoms with Crippen LogP contribution in [0.2, 0.25) is 0 Å². The molecule has 1 amide bonds. The van der Waals surface area contributed by atoms with Crippen LogP contribution < -0.4 is 29.6 Å². The van der Waals surface area contributed by atoms with Gasteiger partial charge in [-0.3, -0.25) is 9.59 Å². The zero-order chi connectivity index (χ0) is 28.1. The van der Waals surface area contributed by atoms with Crippen molar-refractivity contribution in [2.45, 2.75) is 71.4 Å². The predicted octanol–water partition coefficient (Wildman–Crippen LogP) is 2.69. The van der Waals surface area contributed by atoms with Crippen LogP contribution in [0.3, 0.4) is 0 Å². The largest absolute Gasteiger partial charge is 1.00 e. The molecule has 1 heterocycles.